The molecular formula is C25H27N3O3S. The van der Waals surface area contributed by atoms with Gasteiger partial charge in [-0.1, -0.05) is 32.0 Å². The highest BCUT2D eigenvalue weighted by molar-refractivity contribution is 7.17. The molecule has 0 saturated carbocycles. The predicted octanol–water partition coefficient (Wildman–Crippen LogP) is 4.70. The quantitative estimate of drug-likeness (QED) is 0.522. The van der Waals surface area contributed by atoms with E-state index in [4.69, 9.17) is 4.74 Å². The van der Waals surface area contributed by atoms with Gasteiger partial charge in [0.1, 0.15) is 10.8 Å². The number of aryl methyl sites for hydroxylation is 1. The number of pyridine rings is 1. The molecule has 2 N–H and O–H groups in total. The van der Waals surface area contributed by atoms with Gasteiger partial charge in [0.25, 0.3) is 11.8 Å². The topological polar surface area (TPSA) is 80.3 Å². The maximum Gasteiger partial charge on any atom is 0.262 e. The van der Waals surface area contributed by atoms with Crippen LogP contribution in [0.15, 0.2) is 48.8 Å². The zero-order valence-corrected chi connectivity index (χ0v) is 19.1. The van der Waals surface area contributed by atoms with Gasteiger partial charge in [0, 0.05) is 23.8 Å². The number of hydrogen-bond acceptors (Lipinski definition) is 5. The second-order valence-electron chi connectivity index (χ2n) is 8.17. The molecule has 4 rings (SSSR count). The third-order valence-electron chi connectivity index (χ3n) is 5.49. The van der Waals surface area contributed by atoms with Crippen molar-refractivity contribution in [3.8, 4) is 5.75 Å². The number of amides is 2. The van der Waals surface area contributed by atoms with Crippen LogP contribution in [0.3, 0.4) is 0 Å². The molecule has 0 spiro atoms. The number of hydrogen-bond donors (Lipinski definition) is 2. The van der Waals surface area contributed by atoms with Crippen molar-refractivity contribution in [2.24, 2.45) is 0 Å². The van der Waals surface area contributed by atoms with E-state index in [0.29, 0.717) is 28.8 Å². The summed E-state index contributed by atoms with van der Waals surface area (Å²) in [7, 11) is 0. The average Bonchev–Trinajstić information content (AvgIpc) is 3.38. The van der Waals surface area contributed by atoms with Crippen molar-refractivity contribution in [1.82, 2.24) is 10.3 Å². The van der Waals surface area contributed by atoms with Gasteiger partial charge < -0.3 is 15.4 Å². The molecule has 166 valence electrons. The van der Waals surface area contributed by atoms with Gasteiger partial charge >= 0.3 is 0 Å². The smallest absolute Gasteiger partial charge is 0.262 e. The molecule has 0 atom stereocenters. The molecule has 32 heavy (non-hydrogen) atoms. The van der Waals surface area contributed by atoms with Gasteiger partial charge in [-0.3, -0.25) is 14.6 Å². The van der Waals surface area contributed by atoms with E-state index in [1.165, 1.54) is 21.8 Å². The summed E-state index contributed by atoms with van der Waals surface area (Å²) in [5, 5.41) is 6.46. The lowest BCUT2D eigenvalue weighted by atomic mass is 10.0. The predicted molar refractivity (Wildman–Crippen MR) is 126 cm³/mol. The number of aromatic nitrogens is 1. The van der Waals surface area contributed by atoms with Crippen LogP contribution in [0.4, 0.5) is 5.00 Å². The van der Waals surface area contributed by atoms with Gasteiger partial charge in [-0.15, -0.1) is 11.3 Å². The van der Waals surface area contributed by atoms with Crippen molar-refractivity contribution in [2.75, 3.05) is 11.9 Å². The van der Waals surface area contributed by atoms with Crippen LogP contribution in [0.2, 0.25) is 0 Å². The molecule has 0 radical (unpaired) electrons. The molecule has 7 heteroatoms. The summed E-state index contributed by atoms with van der Waals surface area (Å²) in [6.07, 6.45) is 6.26. The SMILES string of the molecule is CC(C)c1ccc(OCC(=O)Nc2sc3c(c2C(=O)NCc2cccnc2)CCC3)cc1. The van der Waals surface area contributed by atoms with Crippen LogP contribution in [0.1, 0.15) is 58.1 Å². The van der Waals surface area contributed by atoms with E-state index in [0.717, 1.165) is 30.4 Å². The van der Waals surface area contributed by atoms with Crippen molar-refractivity contribution in [2.45, 2.75) is 45.6 Å². The van der Waals surface area contributed by atoms with Crippen molar-refractivity contribution in [3.63, 3.8) is 0 Å². The van der Waals surface area contributed by atoms with Gasteiger partial charge in [-0.2, -0.15) is 0 Å². The maximum absolute atomic E-state index is 13.0. The molecule has 1 aromatic carbocycles. The number of anilines is 1. The zero-order valence-electron chi connectivity index (χ0n) is 18.3. The highest BCUT2D eigenvalue weighted by Crippen LogP contribution is 2.39. The Morgan fingerprint density at radius 2 is 1.97 bits per heavy atom. The summed E-state index contributed by atoms with van der Waals surface area (Å²) in [5.41, 5.74) is 3.78. The van der Waals surface area contributed by atoms with Crippen LogP contribution in [0, 0.1) is 0 Å². The summed E-state index contributed by atoms with van der Waals surface area (Å²) in [6, 6.07) is 11.5. The maximum atomic E-state index is 13.0. The highest BCUT2D eigenvalue weighted by Gasteiger charge is 2.27. The minimum absolute atomic E-state index is 0.111. The van der Waals surface area contributed by atoms with E-state index in [1.54, 1.807) is 12.4 Å². The van der Waals surface area contributed by atoms with E-state index >= 15 is 0 Å². The van der Waals surface area contributed by atoms with Gasteiger partial charge in [-0.05, 0) is 60.1 Å². The lowest BCUT2D eigenvalue weighted by Crippen LogP contribution is -2.26. The van der Waals surface area contributed by atoms with E-state index in [1.807, 2.05) is 36.4 Å². The molecule has 6 nitrogen and oxygen atoms in total. The fourth-order valence-corrected chi connectivity index (χ4v) is 5.07. The van der Waals surface area contributed by atoms with Crippen LogP contribution in [-0.2, 0) is 24.2 Å². The van der Waals surface area contributed by atoms with Gasteiger partial charge in [0.05, 0.1) is 5.56 Å². The Labute approximate surface area is 192 Å². The van der Waals surface area contributed by atoms with Crippen molar-refractivity contribution < 1.29 is 14.3 Å². The minimum Gasteiger partial charge on any atom is -0.484 e. The highest BCUT2D eigenvalue weighted by atomic mass is 32.1. The number of thiophene rings is 1. The van der Waals surface area contributed by atoms with Gasteiger partial charge in [-0.25, -0.2) is 0 Å². The number of nitrogens with zero attached hydrogens (tertiary/aromatic N) is 1. The number of rotatable bonds is 8. The standard InChI is InChI=1S/C25H27N3O3S/c1-16(2)18-8-10-19(11-9-18)31-15-22(29)28-25-23(20-6-3-7-21(20)32-25)24(30)27-14-17-5-4-12-26-13-17/h4-5,8-13,16H,3,6-7,14-15H2,1-2H3,(H,27,30)(H,28,29). The number of carbonyl (C=O) groups is 2. The first-order chi connectivity index (χ1) is 15.5. The molecule has 2 aromatic heterocycles. The first kappa shape index (κ1) is 22.0. The lowest BCUT2D eigenvalue weighted by molar-refractivity contribution is -0.118. The van der Waals surface area contributed by atoms with Gasteiger partial charge in [0.15, 0.2) is 6.61 Å². The van der Waals surface area contributed by atoms with E-state index in [-0.39, 0.29) is 18.4 Å². The number of carbonyl (C=O) groups excluding carboxylic acids is 2. The summed E-state index contributed by atoms with van der Waals surface area (Å²) in [4.78, 5) is 30.8. The van der Waals surface area contributed by atoms with Crippen molar-refractivity contribution >= 4 is 28.2 Å². The van der Waals surface area contributed by atoms with E-state index in [9.17, 15) is 9.59 Å². The number of fused-ring (bicyclic) bond motifs is 1. The Hall–Kier alpha value is -3.19. The van der Waals surface area contributed by atoms with Crippen molar-refractivity contribution in [1.29, 1.82) is 0 Å². The first-order valence-electron chi connectivity index (χ1n) is 10.9. The molecule has 3 aromatic rings. The van der Waals surface area contributed by atoms with E-state index in [2.05, 4.69) is 29.5 Å². The molecule has 0 saturated heterocycles. The molecule has 1 aliphatic rings. The molecule has 0 bridgehead atoms. The molecular weight excluding hydrogens is 422 g/mol. The van der Waals surface area contributed by atoms with Crippen LogP contribution < -0.4 is 15.4 Å². The van der Waals surface area contributed by atoms with Crippen LogP contribution >= 0.6 is 11.3 Å². The largest absolute Gasteiger partial charge is 0.484 e. The average molecular weight is 450 g/mol. The Balaban J connectivity index is 1.40. The molecule has 1 aliphatic carbocycles. The number of benzene rings is 1. The Morgan fingerprint density at radius 1 is 1.16 bits per heavy atom. The monoisotopic (exact) mass is 449 g/mol. The molecule has 2 heterocycles. The van der Waals surface area contributed by atoms with Crippen LogP contribution in [0.5, 0.6) is 5.75 Å². The van der Waals surface area contributed by atoms with Crippen LogP contribution in [-0.4, -0.2) is 23.4 Å². The summed E-state index contributed by atoms with van der Waals surface area (Å²) in [6.45, 7) is 4.54. The zero-order chi connectivity index (χ0) is 22.5. The third-order valence-corrected chi connectivity index (χ3v) is 6.70. The number of ether oxygens (including phenoxy) is 1. The molecule has 0 unspecified atom stereocenters. The molecule has 0 fully saturated rings. The number of nitrogens with one attached hydrogen (secondary N) is 2. The summed E-state index contributed by atoms with van der Waals surface area (Å²) < 4.78 is 5.64. The van der Waals surface area contributed by atoms with Crippen molar-refractivity contribution in [3.05, 3.63) is 75.9 Å². The molecule has 2 amide bonds. The fraction of sp³-hybridized carbons (Fsp3) is 0.320. The van der Waals surface area contributed by atoms with Gasteiger partial charge in [0.2, 0.25) is 0 Å². The Bertz CT molecular complexity index is 1090. The second kappa shape index (κ2) is 9.96. The summed E-state index contributed by atoms with van der Waals surface area (Å²) in [5.74, 6) is 0.636. The van der Waals surface area contributed by atoms with Crippen LogP contribution in [0.25, 0.3) is 0 Å². The molecule has 0 aliphatic heterocycles. The summed E-state index contributed by atoms with van der Waals surface area (Å²) >= 11 is 1.49. The lowest BCUT2D eigenvalue weighted by Gasteiger charge is -2.11. The Kier molecular flexibility index (Phi) is 6.85. The van der Waals surface area contributed by atoms with E-state index < -0.39 is 0 Å². The first-order valence-corrected chi connectivity index (χ1v) is 11.7. The fourth-order valence-electron chi connectivity index (χ4n) is 3.77. The third kappa shape index (κ3) is 5.16. The Morgan fingerprint density at radius 3 is 2.69 bits per heavy atom. The second-order valence-corrected chi connectivity index (χ2v) is 9.27. The normalized spacial score (nSPS) is 12.5. The minimum atomic E-state index is -0.279.